The summed E-state index contributed by atoms with van der Waals surface area (Å²) in [7, 11) is 0. The van der Waals surface area contributed by atoms with Crippen LogP contribution in [0.2, 0.25) is 0 Å². The summed E-state index contributed by atoms with van der Waals surface area (Å²) in [5, 5.41) is 4.41. The molecule has 0 aliphatic rings. The van der Waals surface area contributed by atoms with E-state index in [-0.39, 0.29) is 0 Å². The molecule has 3 heteroatoms. The Morgan fingerprint density at radius 1 is 1.50 bits per heavy atom. The first-order valence-corrected chi connectivity index (χ1v) is 5.49. The van der Waals surface area contributed by atoms with Crippen LogP contribution >= 0.6 is 0 Å². The molecule has 0 bridgehead atoms. The van der Waals surface area contributed by atoms with Gasteiger partial charge in [-0.15, -0.1) is 0 Å². The molecule has 0 aliphatic heterocycles. The Labute approximate surface area is 86.3 Å². The van der Waals surface area contributed by atoms with Crippen molar-refractivity contribution in [2.24, 2.45) is 5.73 Å². The van der Waals surface area contributed by atoms with E-state index in [2.05, 4.69) is 30.6 Å². The molecule has 1 atom stereocenters. The van der Waals surface area contributed by atoms with Crippen LogP contribution in [-0.4, -0.2) is 9.78 Å². The zero-order chi connectivity index (χ0) is 10.6. The molecule has 0 saturated heterocycles. The fourth-order valence-corrected chi connectivity index (χ4v) is 1.66. The van der Waals surface area contributed by atoms with E-state index in [1.165, 1.54) is 11.3 Å². The van der Waals surface area contributed by atoms with Gasteiger partial charge in [-0.25, -0.2) is 0 Å². The van der Waals surface area contributed by atoms with Crippen molar-refractivity contribution in [1.82, 2.24) is 9.78 Å². The van der Waals surface area contributed by atoms with Gasteiger partial charge in [0.05, 0.1) is 6.20 Å². The average molecular weight is 195 g/mol. The molecular formula is C11H21N3. The zero-order valence-corrected chi connectivity index (χ0v) is 9.45. The molecule has 80 valence electrons. The first-order chi connectivity index (χ1) is 6.74. The minimum absolute atomic E-state index is 0.483. The highest BCUT2D eigenvalue weighted by molar-refractivity contribution is 5.18. The maximum absolute atomic E-state index is 5.68. The van der Waals surface area contributed by atoms with E-state index in [4.69, 9.17) is 5.73 Å². The van der Waals surface area contributed by atoms with Gasteiger partial charge in [0.1, 0.15) is 0 Å². The van der Waals surface area contributed by atoms with E-state index < -0.39 is 0 Å². The van der Waals surface area contributed by atoms with Gasteiger partial charge in [0, 0.05) is 23.8 Å². The maximum atomic E-state index is 5.68. The molecule has 1 unspecified atom stereocenters. The molecule has 1 aromatic rings. The van der Waals surface area contributed by atoms with Crippen molar-refractivity contribution in [3.05, 3.63) is 17.5 Å². The standard InChI is InChI=1S/C11H21N3/c1-4-6-11-10(7-12)8-13-14(11)9(3)5-2/h8-9H,4-7,12H2,1-3H3. The minimum Gasteiger partial charge on any atom is -0.326 e. The first-order valence-electron chi connectivity index (χ1n) is 5.49. The first kappa shape index (κ1) is 11.2. The number of nitrogens with zero attached hydrogens (tertiary/aromatic N) is 2. The Morgan fingerprint density at radius 3 is 2.71 bits per heavy atom. The monoisotopic (exact) mass is 195 g/mol. The van der Waals surface area contributed by atoms with E-state index in [1.54, 1.807) is 0 Å². The van der Waals surface area contributed by atoms with Gasteiger partial charge in [-0.3, -0.25) is 4.68 Å². The summed E-state index contributed by atoms with van der Waals surface area (Å²) < 4.78 is 2.13. The topological polar surface area (TPSA) is 43.8 Å². The summed E-state index contributed by atoms with van der Waals surface area (Å²) >= 11 is 0. The van der Waals surface area contributed by atoms with E-state index >= 15 is 0 Å². The van der Waals surface area contributed by atoms with Crippen LogP contribution in [0.1, 0.15) is 50.9 Å². The molecule has 14 heavy (non-hydrogen) atoms. The lowest BCUT2D eigenvalue weighted by molar-refractivity contribution is 0.458. The van der Waals surface area contributed by atoms with Gasteiger partial charge in [0.15, 0.2) is 0 Å². The number of nitrogens with two attached hydrogens (primary N) is 1. The van der Waals surface area contributed by atoms with Gasteiger partial charge < -0.3 is 5.73 Å². The second kappa shape index (κ2) is 5.15. The third kappa shape index (κ3) is 2.15. The molecule has 1 rings (SSSR count). The Hall–Kier alpha value is -0.830. The highest BCUT2D eigenvalue weighted by Crippen LogP contribution is 2.17. The molecule has 0 saturated carbocycles. The van der Waals surface area contributed by atoms with Crippen molar-refractivity contribution in [2.45, 2.75) is 52.6 Å². The molecule has 0 aromatic carbocycles. The molecule has 0 fully saturated rings. The second-order valence-corrected chi connectivity index (χ2v) is 3.77. The maximum Gasteiger partial charge on any atom is 0.0537 e. The van der Waals surface area contributed by atoms with Gasteiger partial charge >= 0.3 is 0 Å². The van der Waals surface area contributed by atoms with Crippen molar-refractivity contribution >= 4 is 0 Å². The molecular weight excluding hydrogens is 174 g/mol. The summed E-state index contributed by atoms with van der Waals surface area (Å²) in [5.41, 5.74) is 8.21. The summed E-state index contributed by atoms with van der Waals surface area (Å²) in [6.07, 6.45) is 5.26. The van der Waals surface area contributed by atoms with Crippen molar-refractivity contribution in [3.8, 4) is 0 Å². The van der Waals surface area contributed by atoms with Gasteiger partial charge in [-0.05, 0) is 19.8 Å². The quantitative estimate of drug-likeness (QED) is 0.783. The molecule has 2 N–H and O–H groups in total. The number of hydrogen-bond acceptors (Lipinski definition) is 2. The van der Waals surface area contributed by atoms with Crippen LogP contribution in [0.3, 0.4) is 0 Å². The minimum atomic E-state index is 0.483. The van der Waals surface area contributed by atoms with Crippen LogP contribution in [0.15, 0.2) is 6.20 Å². The lowest BCUT2D eigenvalue weighted by Gasteiger charge is -2.14. The lowest BCUT2D eigenvalue weighted by atomic mass is 10.1. The number of hydrogen-bond donors (Lipinski definition) is 1. The summed E-state index contributed by atoms with van der Waals surface area (Å²) in [6, 6.07) is 0.483. The Bertz CT molecular complexity index is 278. The van der Waals surface area contributed by atoms with E-state index in [0.717, 1.165) is 19.3 Å². The smallest absolute Gasteiger partial charge is 0.0537 e. The van der Waals surface area contributed by atoms with E-state index in [1.807, 2.05) is 6.20 Å². The van der Waals surface area contributed by atoms with Crippen molar-refractivity contribution in [2.75, 3.05) is 0 Å². The van der Waals surface area contributed by atoms with Crippen molar-refractivity contribution in [1.29, 1.82) is 0 Å². The predicted molar refractivity (Wildman–Crippen MR) is 59.1 cm³/mol. The zero-order valence-electron chi connectivity index (χ0n) is 9.45. The van der Waals surface area contributed by atoms with Crippen LogP contribution < -0.4 is 5.73 Å². The molecule has 1 heterocycles. The highest BCUT2D eigenvalue weighted by Gasteiger charge is 2.12. The van der Waals surface area contributed by atoms with Crippen LogP contribution in [-0.2, 0) is 13.0 Å². The predicted octanol–water partition coefficient (Wildman–Crippen LogP) is 2.27. The Balaban J connectivity index is 2.97. The summed E-state index contributed by atoms with van der Waals surface area (Å²) in [6.45, 7) is 7.18. The summed E-state index contributed by atoms with van der Waals surface area (Å²) in [4.78, 5) is 0. The fourth-order valence-electron chi connectivity index (χ4n) is 1.66. The third-order valence-corrected chi connectivity index (χ3v) is 2.70. The second-order valence-electron chi connectivity index (χ2n) is 3.77. The molecule has 0 spiro atoms. The van der Waals surface area contributed by atoms with Crippen LogP contribution in [0.25, 0.3) is 0 Å². The third-order valence-electron chi connectivity index (χ3n) is 2.70. The Morgan fingerprint density at radius 2 is 2.21 bits per heavy atom. The van der Waals surface area contributed by atoms with Gasteiger partial charge in [0.25, 0.3) is 0 Å². The van der Waals surface area contributed by atoms with Gasteiger partial charge in [-0.1, -0.05) is 20.3 Å². The molecule has 0 amide bonds. The lowest BCUT2D eigenvalue weighted by Crippen LogP contribution is -2.11. The largest absolute Gasteiger partial charge is 0.326 e. The number of rotatable bonds is 5. The van der Waals surface area contributed by atoms with E-state index in [0.29, 0.717) is 12.6 Å². The molecule has 3 nitrogen and oxygen atoms in total. The van der Waals surface area contributed by atoms with Crippen LogP contribution in [0, 0.1) is 0 Å². The molecule has 0 aliphatic carbocycles. The van der Waals surface area contributed by atoms with Crippen molar-refractivity contribution in [3.63, 3.8) is 0 Å². The molecule has 1 aromatic heterocycles. The van der Waals surface area contributed by atoms with Gasteiger partial charge in [0.2, 0.25) is 0 Å². The van der Waals surface area contributed by atoms with E-state index in [9.17, 15) is 0 Å². The average Bonchev–Trinajstić information content (AvgIpc) is 2.60. The number of aromatic nitrogens is 2. The van der Waals surface area contributed by atoms with Crippen LogP contribution in [0.4, 0.5) is 0 Å². The SMILES string of the molecule is CCCc1c(CN)cnn1C(C)CC. The highest BCUT2D eigenvalue weighted by atomic mass is 15.3. The summed E-state index contributed by atoms with van der Waals surface area (Å²) in [5.74, 6) is 0. The fraction of sp³-hybridized carbons (Fsp3) is 0.727. The van der Waals surface area contributed by atoms with Crippen LogP contribution in [0.5, 0.6) is 0 Å². The normalized spacial score (nSPS) is 13.1. The van der Waals surface area contributed by atoms with Crippen molar-refractivity contribution < 1.29 is 0 Å². The molecule has 0 radical (unpaired) electrons. The van der Waals surface area contributed by atoms with Gasteiger partial charge in [-0.2, -0.15) is 5.10 Å². The Kier molecular flexibility index (Phi) is 4.14.